The van der Waals surface area contributed by atoms with Gasteiger partial charge >= 0.3 is 5.97 Å². The summed E-state index contributed by atoms with van der Waals surface area (Å²) in [5.41, 5.74) is 3.46. The third-order valence-electron chi connectivity index (χ3n) is 4.91. The van der Waals surface area contributed by atoms with Crippen molar-refractivity contribution < 1.29 is 27.5 Å². The van der Waals surface area contributed by atoms with Crippen molar-refractivity contribution in [1.29, 1.82) is 0 Å². The van der Waals surface area contributed by atoms with Gasteiger partial charge in [-0.05, 0) is 60.7 Å². The smallest absolute Gasteiger partial charge is 0.306 e. The topological polar surface area (TPSA) is 107 Å². The zero-order chi connectivity index (χ0) is 21.7. The van der Waals surface area contributed by atoms with Gasteiger partial charge in [-0.25, -0.2) is 8.42 Å². The van der Waals surface area contributed by atoms with E-state index in [0.717, 1.165) is 25.5 Å². The highest BCUT2D eigenvalue weighted by molar-refractivity contribution is 7.90. The number of rotatable bonds is 8. The number of ketones is 1. The molecule has 1 N–H and O–H groups in total. The van der Waals surface area contributed by atoms with Crippen LogP contribution in [-0.2, 0) is 37.0 Å². The molecular formula is C22H23NO6S. The van der Waals surface area contributed by atoms with Gasteiger partial charge < -0.3 is 10.1 Å². The molecule has 0 fully saturated rings. The molecule has 158 valence electrons. The molecule has 1 aliphatic rings. The van der Waals surface area contributed by atoms with Gasteiger partial charge in [-0.3, -0.25) is 14.4 Å². The first kappa shape index (κ1) is 21.7. The molecule has 0 saturated heterocycles. The second kappa shape index (κ2) is 9.21. The maximum absolute atomic E-state index is 12.3. The Labute approximate surface area is 175 Å². The lowest BCUT2D eigenvalue weighted by Crippen LogP contribution is -2.21. The lowest BCUT2D eigenvalue weighted by molar-refractivity contribution is -0.147. The zero-order valence-corrected chi connectivity index (χ0v) is 17.5. The average Bonchev–Trinajstić information content (AvgIpc) is 3.18. The molecule has 30 heavy (non-hydrogen) atoms. The van der Waals surface area contributed by atoms with Gasteiger partial charge in [-0.1, -0.05) is 12.1 Å². The normalized spacial score (nSPS) is 12.8. The number of Topliss-reactive ketones (excluding diaryl/α,β-unsaturated/α-hetero) is 1. The van der Waals surface area contributed by atoms with E-state index in [1.807, 2.05) is 12.1 Å². The summed E-state index contributed by atoms with van der Waals surface area (Å²) >= 11 is 0. The minimum Gasteiger partial charge on any atom is -0.456 e. The van der Waals surface area contributed by atoms with E-state index < -0.39 is 28.3 Å². The molecule has 0 radical (unpaired) electrons. The van der Waals surface area contributed by atoms with E-state index in [1.165, 1.54) is 35.4 Å². The van der Waals surface area contributed by atoms with Crippen LogP contribution < -0.4 is 5.32 Å². The van der Waals surface area contributed by atoms with E-state index in [1.54, 1.807) is 6.07 Å². The van der Waals surface area contributed by atoms with Crippen LogP contribution in [0.15, 0.2) is 47.4 Å². The number of carbonyl (C=O) groups excluding carboxylic acids is 3. The van der Waals surface area contributed by atoms with Crippen LogP contribution in [0.5, 0.6) is 0 Å². The number of hydrogen-bond acceptors (Lipinski definition) is 6. The van der Waals surface area contributed by atoms with Gasteiger partial charge in [0.1, 0.15) is 0 Å². The van der Waals surface area contributed by atoms with Crippen LogP contribution in [-0.4, -0.2) is 38.9 Å². The molecule has 2 aromatic carbocycles. The summed E-state index contributed by atoms with van der Waals surface area (Å²) in [5, 5.41) is 2.51. The van der Waals surface area contributed by atoms with Crippen molar-refractivity contribution in [3.05, 3.63) is 59.2 Å². The van der Waals surface area contributed by atoms with Crippen LogP contribution in [0.25, 0.3) is 0 Å². The lowest BCUT2D eigenvalue weighted by Gasteiger charge is -2.08. The Kier molecular flexibility index (Phi) is 6.66. The number of benzene rings is 2. The van der Waals surface area contributed by atoms with Gasteiger partial charge in [-0.2, -0.15) is 0 Å². The Morgan fingerprint density at radius 2 is 1.67 bits per heavy atom. The van der Waals surface area contributed by atoms with Crippen molar-refractivity contribution in [2.45, 2.75) is 37.0 Å². The molecule has 0 saturated carbocycles. The van der Waals surface area contributed by atoms with Crippen LogP contribution >= 0.6 is 0 Å². The molecule has 0 heterocycles. The van der Waals surface area contributed by atoms with Crippen molar-refractivity contribution in [3.8, 4) is 0 Å². The molecule has 0 spiro atoms. The number of aryl methyl sites for hydroxylation is 2. The summed E-state index contributed by atoms with van der Waals surface area (Å²) in [5.74, 6) is -1.32. The molecular weight excluding hydrogens is 406 g/mol. The van der Waals surface area contributed by atoms with Gasteiger partial charge in [0.05, 0.1) is 11.3 Å². The third kappa shape index (κ3) is 5.76. The van der Waals surface area contributed by atoms with Crippen molar-refractivity contribution in [2.75, 3.05) is 18.2 Å². The largest absolute Gasteiger partial charge is 0.456 e. The zero-order valence-electron chi connectivity index (χ0n) is 16.6. The Hall–Kier alpha value is -3.00. The number of hydrogen-bond donors (Lipinski definition) is 1. The molecule has 8 heteroatoms. The van der Waals surface area contributed by atoms with Crippen molar-refractivity contribution in [1.82, 2.24) is 0 Å². The summed E-state index contributed by atoms with van der Waals surface area (Å²) in [6.07, 6.45) is 4.13. The third-order valence-corrected chi connectivity index (χ3v) is 6.04. The number of anilines is 1. The van der Waals surface area contributed by atoms with Crippen LogP contribution in [0.1, 0.15) is 40.7 Å². The molecule has 7 nitrogen and oxygen atoms in total. The number of carbonyl (C=O) groups is 3. The van der Waals surface area contributed by atoms with Crippen molar-refractivity contribution in [2.24, 2.45) is 0 Å². The number of esters is 1. The summed E-state index contributed by atoms with van der Waals surface area (Å²) in [6.45, 7) is -0.486. The highest BCUT2D eigenvalue weighted by Crippen LogP contribution is 2.23. The first-order valence-electron chi connectivity index (χ1n) is 9.63. The lowest BCUT2D eigenvalue weighted by atomic mass is 10.0. The number of ether oxygens (including phenoxy) is 1. The first-order chi connectivity index (χ1) is 14.2. The van der Waals surface area contributed by atoms with Crippen LogP contribution in [0.4, 0.5) is 5.69 Å². The monoisotopic (exact) mass is 429 g/mol. The Morgan fingerprint density at radius 3 is 2.37 bits per heavy atom. The van der Waals surface area contributed by atoms with Crippen LogP contribution in [0, 0.1) is 0 Å². The van der Waals surface area contributed by atoms with E-state index in [4.69, 9.17) is 4.74 Å². The molecule has 0 bridgehead atoms. The SMILES string of the molecule is CS(=O)(=O)c1ccc(NC(=O)COC(=O)CCC(=O)c2ccc3c(c2)CCC3)cc1. The van der Waals surface area contributed by atoms with Crippen molar-refractivity contribution >= 4 is 33.2 Å². The number of fused-ring (bicyclic) bond motifs is 1. The predicted octanol–water partition coefficient (Wildman–Crippen LogP) is 2.72. The molecule has 0 unspecified atom stereocenters. The van der Waals surface area contributed by atoms with E-state index in [2.05, 4.69) is 5.32 Å². The minimum atomic E-state index is -3.32. The number of sulfone groups is 1. The minimum absolute atomic E-state index is 0.0200. The van der Waals surface area contributed by atoms with E-state index in [-0.39, 0.29) is 23.5 Å². The molecule has 0 aliphatic heterocycles. The fraction of sp³-hybridized carbons (Fsp3) is 0.318. The van der Waals surface area contributed by atoms with Crippen molar-refractivity contribution in [3.63, 3.8) is 0 Å². The number of nitrogens with one attached hydrogen (secondary N) is 1. The fourth-order valence-electron chi connectivity index (χ4n) is 3.31. The molecule has 1 amide bonds. The number of amides is 1. The van der Waals surface area contributed by atoms with Gasteiger partial charge in [0.15, 0.2) is 22.2 Å². The predicted molar refractivity (Wildman–Crippen MR) is 111 cm³/mol. The summed E-state index contributed by atoms with van der Waals surface area (Å²) < 4.78 is 27.8. The van der Waals surface area contributed by atoms with Gasteiger partial charge in [-0.15, -0.1) is 0 Å². The Morgan fingerprint density at radius 1 is 0.967 bits per heavy atom. The van der Waals surface area contributed by atoms with Crippen LogP contribution in [0.3, 0.4) is 0 Å². The van der Waals surface area contributed by atoms with E-state index in [0.29, 0.717) is 11.3 Å². The molecule has 3 rings (SSSR count). The summed E-state index contributed by atoms with van der Waals surface area (Å²) in [4.78, 5) is 36.2. The maximum Gasteiger partial charge on any atom is 0.306 e. The standard InChI is InChI=1S/C22H23NO6S/c1-30(27,28)19-9-7-18(8-10-19)23-21(25)14-29-22(26)12-11-20(24)17-6-5-15-3-2-4-16(15)13-17/h5-10,13H,2-4,11-12,14H2,1H3,(H,23,25). The van der Waals surface area contributed by atoms with Gasteiger partial charge in [0, 0.05) is 23.9 Å². The molecule has 0 atom stereocenters. The first-order valence-corrected chi connectivity index (χ1v) is 11.5. The molecule has 0 aromatic heterocycles. The van der Waals surface area contributed by atoms with E-state index in [9.17, 15) is 22.8 Å². The fourth-order valence-corrected chi connectivity index (χ4v) is 3.94. The van der Waals surface area contributed by atoms with Crippen LogP contribution in [0.2, 0.25) is 0 Å². The second-order valence-corrected chi connectivity index (χ2v) is 9.28. The maximum atomic E-state index is 12.3. The summed E-state index contributed by atoms with van der Waals surface area (Å²) in [6, 6.07) is 11.3. The highest BCUT2D eigenvalue weighted by Gasteiger charge is 2.16. The quantitative estimate of drug-likeness (QED) is 0.511. The van der Waals surface area contributed by atoms with Gasteiger partial charge in [0.25, 0.3) is 5.91 Å². The Bertz CT molecular complexity index is 1070. The second-order valence-electron chi connectivity index (χ2n) is 7.27. The average molecular weight is 429 g/mol. The molecule has 2 aromatic rings. The van der Waals surface area contributed by atoms with E-state index >= 15 is 0 Å². The molecule has 1 aliphatic carbocycles. The van der Waals surface area contributed by atoms with Gasteiger partial charge in [0.2, 0.25) is 0 Å². The highest BCUT2D eigenvalue weighted by atomic mass is 32.2. The summed E-state index contributed by atoms with van der Waals surface area (Å²) in [7, 11) is -3.32. The Balaban J connectivity index is 1.42.